The quantitative estimate of drug-likeness (QED) is 0.228. The summed E-state index contributed by atoms with van der Waals surface area (Å²) in [5.74, 6) is 0. The molecule has 22 heavy (non-hydrogen) atoms. The molecule has 0 bridgehead atoms. The number of hydrogen-bond donors (Lipinski definition) is 1. The highest BCUT2D eigenvalue weighted by atomic mass is 16.6. The second-order valence-electron chi connectivity index (χ2n) is 6.71. The minimum Gasteiger partial charge on any atom is -0.368 e. The zero-order valence-electron chi connectivity index (χ0n) is 15.5. The van der Waals surface area contributed by atoms with Gasteiger partial charge in [0.2, 0.25) is 0 Å². The van der Waals surface area contributed by atoms with E-state index in [1.807, 2.05) is 0 Å². The number of hydrogen-bond acceptors (Lipinski definition) is 2. The molecular weight excluding hydrogens is 272 g/mol. The van der Waals surface area contributed by atoms with Crippen molar-refractivity contribution in [3.8, 4) is 0 Å². The molecule has 0 fully saturated rings. The summed E-state index contributed by atoms with van der Waals surface area (Å²) >= 11 is 0. The molecule has 0 rings (SSSR count). The second kappa shape index (κ2) is 19.0. The third-order valence-corrected chi connectivity index (χ3v) is 4.36. The summed E-state index contributed by atoms with van der Waals surface area (Å²) in [7, 11) is 0. The topological polar surface area (TPSA) is 29.5 Å². The van der Waals surface area contributed by atoms with E-state index in [2.05, 4.69) is 13.8 Å². The predicted octanol–water partition coefficient (Wildman–Crippen LogP) is 6.60. The molecule has 0 aliphatic heterocycles. The largest absolute Gasteiger partial charge is 0.368 e. The van der Waals surface area contributed by atoms with Crippen LogP contribution in [0.5, 0.6) is 0 Å². The predicted molar refractivity (Wildman–Crippen MR) is 97.2 cm³/mol. The van der Waals surface area contributed by atoms with Crippen LogP contribution in [0.25, 0.3) is 0 Å². The molecule has 0 spiro atoms. The summed E-state index contributed by atoms with van der Waals surface area (Å²) in [4.78, 5) is 0. The van der Waals surface area contributed by atoms with Gasteiger partial charge >= 0.3 is 0 Å². The van der Waals surface area contributed by atoms with Crippen LogP contribution in [0, 0.1) is 0 Å². The second-order valence-corrected chi connectivity index (χ2v) is 6.71. The Kier molecular flexibility index (Phi) is 18.9. The summed E-state index contributed by atoms with van der Waals surface area (Å²) in [6, 6.07) is 0. The SMILES string of the molecule is CCCCCCCCCCCCOC(O)CCCCCCC. The first-order chi connectivity index (χ1) is 10.8. The van der Waals surface area contributed by atoms with Crippen molar-refractivity contribution < 1.29 is 9.84 Å². The smallest absolute Gasteiger partial charge is 0.154 e. The van der Waals surface area contributed by atoms with Crippen molar-refractivity contribution in [1.29, 1.82) is 0 Å². The molecule has 2 nitrogen and oxygen atoms in total. The number of aliphatic hydroxyl groups excluding tert-OH is 1. The van der Waals surface area contributed by atoms with Crippen LogP contribution < -0.4 is 0 Å². The highest BCUT2D eigenvalue weighted by Crippen LogP contribution is 2.11. The number of ether oxygens (including phenoxy) is 1. The summed E-state index contributed by atoms with van der Waals surface area (Å²) in [6.07, 6.45) is 19.9. The van der Waals surface area contributed by atoms with Gasteiger partial charge in [-0.25, -0.2) is 0 Å². The van der Waals surface area contributed by atoms with Crippen LogP contribution in [0.2, 0.25) is 0 Å². The molecule has 0 aromatic carbocycles. The Morgan fingerprint density at radius 3 is 1.50 bits per heavy atom. The van der Waals surface area contributed by atoms with Crippen molar-refractivity contribution in [3.05, 3.63) is 0 Å². The summed E-state index contributed by atoms with van der Waals surface area (Å²) in [5.41, 5.74) is 0. The van der Waals surface area contributed by atoms with E-state index >= 15 is 0 Å². The standard InChI is InChI=1S/C20H42O2/c1-3-5-7-9-10-11-12-13-15-17-19-22-20(21)18-16-14-8-6-4-2/h20-21H,3-19H2,1-2H3. The molecule has 0 aliphatic carbocycles. The van der Waals surface area contributed by atoms with Gasteiger partial charge in [0.1, 0.15) is 0 Å². The Hall–Kier alpha value is -0.0800. The molecule has 0 aromatic rings. The minimum absolute atomic E-state index is 0.528. The maximum absolute atomic E-state index is 9.73. The zero-order valence-corrected chi connectivity index (χ0v) is 15.5. The fourth-order valence-electron chi connectivity index (χ4n) is 2.81. The number of rotatable bonds is 18. The molecule has 134 valence electrons. The number of unbranched alkanes of at least 4 members (excludes halogenated alkanes) is 13. The van der Waals surface area contributed by atoms with Gasteiger partial charge in [-0.2, -0.15) is 0 Å². The Bertz CT molecular complexity index is 194. The molecule has 0 radical (unpaired) electrons. The summed E-state index contributed by atoms with van der Waals surface area (Å²) in [5, 5.41) is 9.73. The molecule has 1 unspecified atom stereocenters. The van der Waals surface area contributed by atoms with Crippen molar-refractivity contribution in [2.75, 3.05) is 6.61 Å². The van der Waals surface area contributed by atoms with Gasteiger partial charge in [0.05, 0.1) is 0 Å². The fraction of sp³-hybridized carbons (Fsp3) is 1.00. The lowest BCUT2D eigenvalue weighted by atomic mass is 10.1. The average molecular weight is 315 g/mol. The monoisotopic (exact) mass is 314 g/mol. The van der Waals surface area contributed by atoms with Crippen LogP contribution in [0.4, 0.5) is 0 Å². The van der Waals surface area contributed by atoms with E-state index in [1.165, 1.54) is 83.5 Å². The van der Waals surface area contributed by atoms with Crippen LogP contribution in [0.3, 0.4) is 0 Å². The van der Waals surface area contributed by atoms with Crippen molar-refractivity contribution in [3.63, 3.8) is 0 Å². The van der Waals surface area contributed by atoms with Crippen LogP contribution >= 0.6 is 0 Å². The van der Waals surface area contributed by atoms with E-state index in [1.54, 1.807) is 0 Å². The summed E-state index contributed by atoms with van der Waals surface area (Å²) in [6.45, 7) is 5.22. The Morgan fingerprint density at radius 2 is 1.00 bits per heavy atom. The van der Waals surface area contributed by atoms with Gasteiger partial charge in [-0.05, 0) is 19.3 Å². The van der Waals surface area contributed by atoms with E-state index in [0.717, 1.165) is 25.9 Å². The first kappa shape index (κ1) is 21.9. The van der Waals surface area contributed by atoms with Crippen molar-refractivity contribution in [2.45, 2.75) is 123 Å². The molecule has 0 saturated carbocycles. The van der Waals surface area contributed by atoms with Crippen LogP contribution in [-0.2, 0) is 4.74 Å². The first-order valence-electron chi connectivity index (χ1n) is 10.1. The van der Waals surface area contributed by atoms with E-state index < -0.39 is 6.29 Å². The maximum atomic E-state index is 9.73. The molecule has 0 amide bonds. The fourth-order valence-corrected chi connectivity index (χ4v) is 2.81. The van der Waals surface area contributed by atoms with E-state index in [-0.39, 0.29) is 0 Å². The first-order valence-corrected chi connectivity index (χ1v) is 10.1. The molecule has 1 atom stereocenters. The molecule has 0 saturated heterocycles. The van der Waals surface area contributed by atoms with Crippen molar-refractivity contribution >= 4 is 0 Å². The van der Waals surface area contributed by atoms with E-state index in [4.69, 9.17) is 4.74 Å². The molecule has 0 aliphatic rings. The Labute approximate surface area is 140 Å². The van der Waals surface area contributed by atoms with E-state index in [0.29, 0.717) is 0 Å². The molecule has 0 aromatic heterocycles. The van der Waals surface area contributed by atoms with Gasteiger partial charge in [0.15, 0.2) is 6.29 Å². The Balaban J connectivity index is 3.09. The molecule has 2 heteroatoms. The highest BCUT2D eigenvalue weighted by molar-refractivity contribution is 4.49. The Morgan fingerprint density at radius 1 is 0.591 bits per heavy atom. The van der Waals surface area contributed by atoms with Gasteiger partial charge < -0.3 is 9.84 Å². The molecule has 0 heterocycles. The maximum Gasteiger partial charge on any atom is 0.154 e. The average Bonchev–Trinajstić information content (AvgIpc) is 2.52. The van der Waals surface area contributed by atoms with Crippen molar-refractivity contribution in [2.24, 2.45) is 0 Å². The van der Waals surface area contributed by atoms with E-state index in [9.17, 15) is 5.11 Å². The normalized spacial score (nSPS) is 12.7. The molecule has 1 N–H and O–H groups in total. The minimum atomic E-state index is -0.528. The van der Waals surface area contributed by atoms with Crippen molar-refractivity contribution in [1.82, 2.24) is 0 Å². The molecular formula is C20H42O2. The third kappa shape index (κ3) is 18.0. The van der Waals surface area contributed by atoms with Crippen LogP contribution in [-0.4, -0.2) is 18.0 Å². The zero-order chi connectivity index (χ0) is 16.3. The van der Waals surface area contributed by atoms with Crippen LogP contribution in [0.15, 0.2) is 0 Å². The van der Waals surface area contributed by atoms with Gasteiger partial charge in [0, 0.05) is 6.61 Å². The lowest BCUT2D eigenvalue weighted by Gasteiger charge is -2.11. The van der Waals surface area contributed by atoms with Gasteiger partial charge in [-0.3, -0.25) is 0 Å². The van der Waals surface area contributed by atoms with Gasteiger partial charge in [-0.15, -0.1) is 0 Å². The third-order valence-electron chi connectivity index (χ3n) is 4.36. The highest BCUT2D eigenvalue weighted by Gasteiger charge is 2.03. The van der Waals surface area contributed by atoms with Crippen LogP contribution in [0.1, 0.15) is 117 Å². The van der Waals surface area contributed by atoms with Gasteiger partial charge in [-0.1, -0.05) is 97.3 Å². The number of aliphatic hydroxyl groups is 1. The van der Waals surface area contributed by atoms with Gasteiger partial charge in [0.25, 0.3) is 0 Å². The lowest BCUT2D eigenvalue weighted by Crippen LogP contribution is -2.12. The summed E-state index contributed by atoms with van der Waals surface area (Å²) < 4.78 is 5.48. The lowest BCUT2D eigenvalue weighted by molar-refractivity contribution is -0.105.